The Bertz CT molecular complexity index is 315. The lowest BCUT2D eigenvalue weighted by Gasteiger charge is -2.33. The highest BCUT2D eigenvalue weighted by Crippen LogP contribution is 2.17. The van der Waals surface area contributed by atoms with E-state index in [0.29, 0.717) is 32.7 Å². The topological polar surface area (TPSA) is 75.9 Å². The Morgan fingerprint density at radius 3 is 2.41 bits per heavy atom. The molecule has 1 rings (SSSR count). The normalized spacial score (nSPS) is 19.1. The number of hydrogen-bond donors (Lipinski definition) is 1. The van der Waals surface area contributed by atoms with E-state index < -0.39 is 10.2 Å². The Morgan fingerprint density at radius 2 is 1.88 bits per heavy atom. The van der Waals surface area contributed by atoms with Crippen molar-refractivity contribution in [2.75, 3.05) is 40.4 Å². The minimum Gasteiger partial charge on any atom is -0.381 e. The first-order valence-electron chi connectivity index (χ1n) is 5.97. The van der Waals surface area contributed by atoms with Gasteiger partial charge in [-0.15, -0.1) is 0 Å². The smallest absolute Gasteiger partial charge is 0.281 e. The lowest BCUT2D eigenvalue weighted by molar-refractivity contribution is 0.0620. The van der Waals surface area contributed by atoms with Gasteiger partial charge in [0.1, 0.15) is 0 Å². The Hall–Kier alpha value is -0.210. The van der Waals surface area contributed by atoms with E-state index in [0.717, 1.165) is 12.8 Å². The second kappa shape index (κ2) is 6.65. The van der Waals surface area contributed by atoms with E-state index >= 15 is 0 Å². The van der Waals surface area contributed by atoms with Gasteiger partial charge in [0, 0.05) is 39.9 Å². The van der Waals surface area contributed by atoms with Crippen molar-refractivity contribution in [3.8, 4) is 0 Å². The summed E-state index contributed by atoms with van der Waals surface area (Å²) in [5, 5.41) is 0. The van der Waals surface area contributed by atoms with E-state index in [9.17, 15) is 8.42 Å². The second-order valence-corrected chi connectivity index (χ2v) is 6.43. The molecule has 0 atom stereocenters. The molecule has 1 saturated heterocycles. The van der Waals surface area contributed by atoms with Crippen LogP contribution in [0.4, 0.5) is 0 Å². The van der Waals surface area contributed by atoms with Crippen LogP contribution in [0.2, 0.25) is 0 Å². The molecule has 0 unspecified atom stereocenters. The SMILES string of the molecule is CN(CCCN)S(=O)(=O)N(C)C1CCOCC1. The summed E-state index contributed by atoms with van der Waals surface area (Å²) in [6, 6.07) is 0.0501. The Labute approximate surface area is 104 Å². The zero-order chi connectivity index (χ0) is 12.9. The first-order valence-corrected chi connectivity index (χ1v) is 7.37. The van der Waals surface area contributed by atoms with Crippen molar-refractivity contribution in [1.29, 1.82) is 0 Å². The van der Waals surface area contributed by atoms with Crippen LogP contribution >= 0.6 is 0 Å². The molecule has 0 amide bonds. The third-order valence-electron chi connectivity index (χ3n) is 3.14. The summed E-state index contributed by atoms with van der Waals surface area (Å²) < 4.78 is 32.5. The van der Waals surface area contributed by atoms with Crippen LogP contribution in [-0.2, 0) is 14.9 Å². The van der Waals surface area contributed by atoms with Crippen molar-refractivity contribution in [2.45, 2.75) is 25.3 Å². The van der Waals surface area contributed by atoms with Crippen LogP contribution in [0.3, 0.4) is 0 Å². The third kappa shape index (κ3) is 3.89. The number of ether oxygens (including phenoxy) is 1. The van der Waals surface area contributed by atoms with Crippen molar-refractivity contribution >= 4 is 10.2 Å². The molecule has 2 N–H and O–H groups in total. The molecule has 1 heterocycles. The summed E-state index contributed by atoms with van der Waals surface area (Å²) in [6.07, 6.45) is 2.21. The molecule has 0 spiro atoms. The van der Waals surface area contributed by atoms with Crippen molar-refractivity contribution in [3.63, 3.8) is 0 Å². The van der Waals surface area contributed by atoms with Crippen LogP contribution in [-0.4, -0.2) is 63.5 Å². The maximum Gasteiger partial charge on any atom is 0.281 e. The molecule has 17 heavy (non-hydrogen) atoms. The molecule has 7 heteroatoms. The molecule has 0 aliphatic carbocycles. The van der Waals surface area contributed by atoms with Gasteiger partial charge < -0.3 is 10.5 Å². The molecule has 1 fully saturated rings. The van der Waals surface area contributed by atoms with Crippen LogP contribution in [0.5, 0.6) is 0 Å². The standard InChI is InChI=1S/C10H23N3O3S/c1-12(7-3-6-11)17(14,15)13(2)10-4-8-16-9-5-10/h10H,3-9,11H2,1-2H3. The van der Waals surface area contributed by atoms with Crippen LogP contribution in [0.15, 0.2) is 0 Å². The average molecular weight is 265 g/mol. The largest absolute Gasteiger partial charge is 0.381 e. The van der Waals surface area contributed by atoms with Crippen LogP contribution in [0.25, 0.3) is 0 Å². The summed E-state index contributed by atoms with van der Waals surface area (Å²) in [7, 11) is -0.114. The molecule has 1 aliphatic heterocycles. The molecule has 0 aromatic rings. The van der Waals surface area contributed by atoms with Crippen molar-refractivity contribution < 1.29 is 13.2 Å². The highest BCUT2D eigenvalue weighted by molar-refractivity contribution is 7.86. The van der Waals surface area contributed by atoms with Crippen LogP contribution in [0.1, 0.15) is 19.3 Å². The maximum atomic E-state index is 12.2. The van der Waals surface area contributed by atoms with E-state index in [4.69, 9.17) is 10.5 Å². The minimum atomic E-state index is -3.36. The molecular formula is C10H23N3O3S. The fourth-order valence-electron chi connectivity index (χ4n) is 1.89. The predicted molar refractivity (Wildman–Crippen MR) is 66.8 cm³/mol. The van der Waals surface area contributed by atoms with Crippen molar-refractivity contribution in [3.05, 3.63) is 0 Å². The molecule has 0 saturated carbocycles. The summed E-state index contributed by atoms with van der Waals surface area (Å²) in [5.74, 6) is 0. The zero-order valence-electron chi connectivity index (χ0n) is 10.6. The Morgan fingerprint density at radius 1 is 1.29 bits per heavy atom. The van der Waals surface area contributed by atoms with Crippen molar-refractivity contribution in [1.82, 2.24) is 8.61 Å². The van der Waals surface area contributed by atoms with Gasteiger partial charge in [-0.1, -0.05) is 0 Å². The van der Waals surface area contributed by atoms with E-state index in [2.05, 4.69) is 0 Å². The fourth-order valence-corrected chi connectivity index (χ4v) is 3.27. The van der Waals surface area contributed by atoms with Gasteiger partial charge in [-0.2, -0.15) is 17.0 Å². The minimum absolute atomic E-state index is 0.0501. The lowest BCUT2D eigenvalue weighted by Crippen LogP contribution is -2.47. The molecule has 6 nitrogen and oxygen atoms in total. The van der Waals surface area contributed by atoms with Crippen LogP contribution in [0, 0.1) is 0 Å². The summed E-state index contributed by atoms with van der Waals surface area (Å²) in [4.78, 5) is 0. The molecule has 0 radical (unpaired) electrons. The number of hydrogen-bond acceptors (Lipinski definition) is 4. The van der Waals surface area contributed by atoms with Gasteiger partial charge >= 0.3 is 0 Å². The van der Waals surface area contributed by atoms with Gasteiger partial charge in [0.05, 0.1) is 0 Å². The van der Waals surface area contributed by atoms with E-state index in [1.807, 2.05) is 0 Å². The van der Waals surface area contributed by atoms with Gasteiger partial charge in [-0.3, -0.25) is 0 Å². The van der Waals surface area contributed by atoms with Gasteiger partial charge in [0.15, 0.2) is 0 Å². The highest BCUT2D eigenvalue weighted by Gasteiger charge is 2.30. The van der Waals surface area contributed by atoms with Crippen molar-refractivity contribution in [2.24, 2.45) is 5.73 Å². The number of nitrogens with two attached hydrogens (primary N) is 1. The molecule has 102 valence electrons. The zero-order valence-corrected chi connectivity index (χ0v) is 11.4. The summed E-state index contributed by atoms with van der Waals surface area (Å²) >= 11 is 0. The van der Waals surface area contributed by atoms with Gasteiger partial charge in [-0.05, 0) is 25.8 Å². The molecule has 0 aromatic heterocycles. The fraction of sp³-hybridized carbons (Fsp3) is 1.00. The van der Waals surface area contributed by atoms with Crippen LogP contribution < -0.4 is 5.73 Å². The summed E-state index contributed by atoms with van der Waals surface area (Å²) in [5.41, 5.74) is 5.39. The Balaban J connectivity index is 2.61. The first-order chi connectivity index (χ1) is 8.00. The maximum absolute atomic E-state index is 12.2. The number of rotatable bonds is 6. The molecule has 0 aromatic carbocycles. The van der Waals surface area contributed by atoms with Gasteiger partial charge in [0.2, 0.25) is 0 Å². The lowest BCUT2D eigenvalue weighted by atomic mass is 10.1. The van der Waals surface area contributed by atoms with E-state index in [-0.39, 0.29) is 6.04 Å². The van der Waals surface area contributed by atoms with E-state index in [1.165, 1.54) is 8.61 Å². The Kier molecular flexibility index (Phi) is 5.81. The molecular weight excluding hydrogens is 242 g/mol. The van der Waals surface area contributed by atoms with E-state index in [1.54, 1.807) is 14.1 Å². The second-order valence-electron chi connectivity index (χ2n) is 4.33. The average Bonchev–Trinajstić information content (AvgIpc) is 2.35. The number of nitrogens with zero attached hydrogens (tertiary/aromatic N) is 2. The monoisotopic (exact) mass is 265 g/mol. The highest BCUT2D eigenvalue weighted by atomic mass is 32.2. The first kappa shape index (κ1) is 14.8. The van der Waals surface area contributed by atoms with Gasteiger partial charge in [-0.25, -0.2) is 0 Å². The quantitative estimate of drug-likeness (QED) is 0.710. The molecule has 1 aliphatic rings. The third-order valence-corrected chi connectivity index (χ3v) is 5.14. The summed E-state index contributed by atoms with van der Waals surface area (Å²) in [6.45, 7) is 2.24. The molecule has 0 bridgehead atoms. The predicted octanol–water partition coefficient (Wildman–Crippen LogP) is -0.377. The van der Waals surface area contributed by atoms with Gasteiger partial charge in [0.25, 0.3) is 10.2 Å².